The van der Waals surface area contributed by atoms with Crippen molar-refractivity contribution < 1.29 is 4.79 Å². The number of guanidine groups is 1. The molecule has 2 fully saturated rings. The molecule has 1 amide bonds. The van der Waals surface area contributed by atoms with E-state index in [1.165, 1.54) is 38.5 Å². The Morgan fingerprint density at radius 3 is 2.88 bits per heavy atom. The standard InChI is InChI=1S/C18H27N5O/c1-19-17(21-13-16(24)22-15-6-5-10-20-12-15)23-11-9-18(14-23)7-3-2-4-8-18/h5-6,10,12H,2-4,7-9,11,13-14H2,1H3,(H,19,21)(H,22,24). The van der Waals surface area contributed by atoms with Crippen LogP contribution in [0.4, 0.5) is 5.69 Å². The van der Waals surface area contributed by atoms with Crippen molar-refractivity contribution in [3.63, 3.8) is 0 Å². The number of likely N-dealkylation sites (tertiary alicyclic amines) is 1. The van der Waals surface area contributed by atoms with Gasteiger partial charge in [0.2, 0.25) is 5.91 Å². The SMILES string of the molecule is CN=C(NCC(=O)Nc1cccnc1)N1CCC2(CCCCC2)C1. The second-order valence-electron chi connectivity index (χ2n) is 6.92. The van der Waals surface area contributed by atoms with Crippen LogP contribution >= 0.6 is 0 Å². The van der Waals surface area contributed by atoms with Gasteiger partial charge in [-0.25, -0.2) is 0 Å². The zero-order valence-electron chi connectivity index (χ0n) is 14.4. The average molecular weight is 329 g/mol. The summed E-state index contributed by atoms with van der Waals surface area (Å²) in [5.74, 6) is 0.745. The molecular formula is C18H27N5O. The Hall–Kier alpha value is -2.11. The molecule has 24 heavy (non-hydrogen) atoms. The fraction of sp³-hybridized carbons (Fsp3) is 0.611. The second-order valence-corrected chi connectivity index (χ2v) is 6.92. The summed E-state index contributed by atoms with van der Waals surface area (Å²) in [4.78, 5) is 22.7. The first kappa shape index (κ1) is 16.7. The highest BCUT2D eigenvalue weighted by Crippen LogP contribution is 2.43. The molecule has 0 aromatic carbocycles. The van der Waals surface area contributed by atoms with Gasteiger partial charge in [-0.1, -0.05) is 19.3 Å². The molecule has 130 valence electrons. The molecule has 0 unspecified atom stereocenters. The highest BCUT2D eigenvalue weighted by molar-refractivity contribution is 5.94. The summed E-state index contributed by atoms with van der Waals surface area (Å²) in [6.45, 7) is 2.31. The van der Waals surface area contributed by atoms with E-state index in [0.29, 0.717) is 11.1 Å². The number of aliphatic imine (C=N–C) groups is 1. The first-order valence-electron chi connectivity index (χ1n) is 8.86. The number of rotatable bonds is 3. The molecule has 1 saturated heterocycles. The first-order chi connectivity index (χ1) is 11.7. The van der Waals surface area contributed by atoms with Gasteiger partial charge < -0.3 is 15.5 Å². The third kappa shape index (κ3) is 4.04. The third-order valence-electron chi connectivity index (χ3n) is 5.22. The van der Waals surface area contributed by atoms with Crippen LogP contribution in [0.15, 0.2) is 29.5 Å². The summed E-state index contributed by atoms with van der Waals surface area (Å²) in [5, 5.41) is 6.03. The normalized spacial score (nSPS) is 20.2. The van der Waals surface area contributed by atoms with Crippen LogP contribution in [-0.2, 0) is 4.79 Å². The van der Waals surface area contributed by atoms with Crippen LogP contribution in [-0.4, -0.2) is 48.4 Å². The number of pyridine rings is 1. The number of hydrogen-bond acceptors (Lipinski definition) is 3. The van der Waals surface area contributed by atoms with Crippen molar-refractivity contribution >= 4 is 17.6 Å². The van der Waals surface area contributed by atoms with Gasteiger partial charge in [0.15, 0.2) is 5.96 Å². The smallest absolute Gasteiger partial charge is 0.243 e. The van der Waals surface area contributed by atoms with Gasteiger partial charge in [0.05, 0.1) is 18.4 Å². The summed E-state index contributed by atoms with van der Waals surface area (Å²) in [5.41, 5.74) is 1.19. The first-order valence-corrected chi connectivity index (χ1v) is 8.86. The van der Waals surface area contributed by atoms with Gasteiger partial charge in [-0.2, -0.15) is 0 Å². The molecule has 0 atom stereocenters. The number of amides is 1. The second kappa shape index (κ2) is 7.64. The average Bonchev–Trinajstić information content (AvgIpc) is 3.00. The molecule has 1 aromatic heterocycles. The molecule has 2 heterocycles. The number of aromatic nitrogens is 1. The zero-order valence-corrected chi connectivity index (χ0v) is 14.4. The minimum Gasteiger partial charge on any atom is -0.347 e. The minimum atomic E-state index is -0.0873. The minimum absolute atomic E-state index is 0.0873. The van der Waals surface area contributed by atoms with Gasteiger partial charge in [0.25, 0.3) is 0 Å². The summed E-state index contributed by atoms with van der Waals surface area (Å²) < 4.78 is 0. The molecule has 2 aliphatic rings. The third-order valence-corrected chi connectivity index (χ3v) is 5.22. The molecule has 1 spiro atoms. The number of anilines is 1. The lowest BCUT2D eigenvalue weighted by Crippen LogP contribution is -2.44. The van der Waals surface area contributed by atoms with E-state index in [9.17, 15) is 4.79 Å². The lowest BCUT2D eigenvalue weighted by Gasteiger charge is -2.33. The highest BCUT2D eigenvalue weighted by Gasteiger charge is 2.39. The maximum Gasteiger partial charge on any atom is 0.243 e. The van der Waals surface area contributed by atoms with E-state index in [1.807, 2.05) is 6.07 Å². The Kier molecular flexibility index (Phi) is 5.33. The van der Waals surface area contributed by atoms with Crippen molar-refractivity contribution in [1.82, 2.24) is 15.2 Å². The summed E-state index contributed by atoms with van der Waals surface area (Å²) in [6.07, 6.45) is 11.3. The summed E-state index contributed by atoms with van der Waals surface area (Å²) in [6, 6.07) is 3.63. The topological polar surface area (TPSA) is 69.6 Å². The molecule has 1 aliphatic heterocycles. The van der Waals surface area contributed by atoms with Crippen LogP contribution in [0.2, 0.25) is 0 Å². The molecule has 1 aromatic rings. The highest BCUT2D eigenvalue weighted by atomic mass is 16.1. The lowest BCUT2D eigenvalue weighted by molar-refractivity contribution is -0.115. The molecule has 6 nitrogen and oxygen atoms in total. The van der Waals surface area contributed by atoms with Gasteiger partial charge in [0.1, 0.15) is 0 Å². The molecule has 1 aliphatic carbocycles. The molecule has 6 heteroatoms. The van der Waals surface area contributed by atoms with Crippen molar-refractivity contribution in [3.05, 3.63) is 24.5 Å². The van der Waals surface area contributed by atoms with Crippen LogP contribution in [0, 0.1) is 5.41 Å². The Morgan fingerprint density at radius 1 is 1.33 bits per heavy atom. The number of hydrogen-bond donors (Lipinski definition) is 2. The van der Waals surface area contributed by atoms with Crippen molar-refractivity contribution in [2.24, 2.45) is 10.4 Å². The molecule has 1 saturated carbocycles. The van der Waals surface area contributed by atoms with E-state index in [2.05, 4.69) is 25.5 Å². The van der Waals surface area contributed by atoms with E-state index in [0.717, 1.165) is 19.0 Å². The van der Waals surface area contributed by atoms with Gasteiger partial charge in [-0.05, 0) is 36.8 Å². The number of carbonyl (C=O) groups excluding carboxylic acids is 1. The number of nitrogens with zero attached hydrogens (tertiary/aromatic N) is 3. The molecule has 0 bridgehead atoms. The van der Waals surface area contributed by atoms with E-state index in [4.69, 9.17) is 0 Å². The molecule has 3 rings (SSSR count). The fourth-order valence-corrected chi connectivity index (χ4v) is 3.96. The van der Waals surface area contributed by atoms with Gasteiger partial charge in [-0.15, -0.1) is 0 Å². The Labute approximate surface area is 143 Å². The lowest BCUT2D eigenvalue weighted by atomic mass is 9.73. The van der Waals surface area contributed by atoms with E-state index < -0.39 is 0 Å². The predicted octanol–water partition coefficient (Wildman–Crippen LogP) is 2.25. The van der Waals surface area contributed by atoms with Gasteiger partial charge in [-0.3, -0.25) is 14.8 Å². The Bertz CT molecular complexity index is 580. The molecular weight excluding hydrogens is 302 g/mol. The van der Waals surface area contributed by atoms with Crippen molar-refractivity contribution in [2.75, 3.05) is 32.0 Å². The summed E-state index contributed by atoms with van der Waals surface area (Å²) >= 11 is 0. The van der Waals surface area contributed by atoms with Crippen LogP contribution in [0.3, 0.4) is 0 Å². The predicted molar refractivity (Wildman–Crippen MR) is 95.9 cm³/mol. The van der Waals surface area contributed by atoms with Crippen LogP contribution < -0.4 is 10.6 Å². The maximum atomic E-state index is 12.1. The van der Waals surface area contributed by atoms with Crippen LogP contribution in [0.1, 0.15) is 38.5 Å². The van der Waals surface area contributed by atoms with Crippen molar-refractivity contribution in [1.29, 1.82) is 0 Å². The number of carbonyl (C=O) groups is 1. The maximum absolute atomic E-state index is 12.1. The van der Waals surface area contributed by atoms with E-state index >= 15 is 0 Å². The summed E-state index contributed by atoms with van der Waals surface area (Å²) in [7, 11) is 1.78. The van der Waals surface area contributed by atoms with Gasteiger partial charge in [0, 0.05) is 26.3 Å². The van der Waals surface area contributed by atoms with Crippen molar-refractivity contribution in [3.8, 4) is 0 Å². The quantitative estimate of drug-likeness (QED) is 0.659. The fourth-order valence-electron chi connectivity index (χ4n) is 3.96. The zero-order chi connectivity index (χ0) is 16.8. The monoisotopic (exact) mass is 329 g/mol. The van der Waals surface area contributed by atoms with Crippen molar-refractivity contribution in [2.45, 2.75) is 38.5 Å². The van der Waals surface area contributed by atoms with Crippen LogP contribution in [0.25, 0.3) is 0 Å². The Morgan fingerprint density at radius 2 is 2.17 bits per heavy atom. The largest absolute Gasteiger partial charge is 0.347 e. The molecule has 0 radical (unpaired) electrons. The van der Waals surface area contributed by atoms with Crippen LogP contribution in [0.5, 0.6) is 0 Å². The Balaban J connectivity index is 1.49. The number of nitrogens with one attached hydrogen (secondary N) is 2. The van der Waals surface area contributed by atoms with Gasteiger partial charge >= 0.3 is 0 Å². The molecule has 2 N–H and O–H groups in total. The van der Waals surface area contributed by atoms with E-state index in [-0.39, 0.29) is 12.5 Å². The van der Waals surface area contributed by atoms with E-state index in [1.54, 1.807) is 25.5 Å².